The first-order valence-electron chi connectivity index (χ1n) is 19.9. The van der Waals surface area contributed by atoms with Crippen molar-refractivity contribution < 1.29 is 37.7 Å². The molecule has 2 amide bonds. The van der Waals surface area contributed by atoms with Crippen molar-refractivity contribution in [2.45, 2.75) is 29.2 Å². The lowest BCUT2D eigenvalue weighted by Crippen LogP contribution is -2.31. The molecule has 1 atom stereocenters. The van der Waals surface area contributed by atoms with Crippen molar-refractivity contribution in [2.75, 3.05) is 45.7 Å². The Kier molecular flexibility index (Phi) is 13.1. The standard InChI is InChI=1S/C47H46N6O9S/c1-28-22-35(25-38-43(28)50-26-39(46(48)57)44(38)51-31-7-5-8-33(24-31)61-3)63(59,60)34-9-4-6-30(23-34)47(58)53(2)20-21-62-32-12-10-29(11-13-32)18-19-49-27-41(55)36-14-16-40(54)45-37(36)15-17-42(56)52-45/h4-17,22-26,41,49,54-55H,18-21,27H2,1-3H3,(H2,48,57)(H,50,51)(H,52,56)/t41-/m0/s1. The van der Waals surface area contributed by atoms with Crippen LogP contribution in [0.25, 0.3) is 21.8 Å². The number of hydrogen-bond acceptors (Lipinski definition) is 12. The summed E-state index contributed by atoms with van der Waals surface area (Å²) in [6, 6.07) is 29.4. The molecule has 324 valence electrons. The molecule has 0 saturated heterocycles. The summed E-state index contributed by atoms with van der Waals surface area (Å²) < 4.78 is 39.6. The van der Waals surface area contributed by atoms with Crippen LogP contribution in [0.3, 0.4) is 0 Å². The number of nitrogens with one attached hydrogen (secondary N) is 3. The fraction of sp³-hybridized carbons (Fsp3) is 0.191. The van der Waals surface area contributed by atoms with Gasteiger partial charge in [0.2, 0.25) is 15.4 Å². The summed E-state index contributed by atoms with van der Waals surface area (Å²) in [5.41, 5.74) is 9.42. The summed E-state index contributed by atoms with van der Waals surface area (Å²) in [6.45, 7) is 2.98. The number of benzene rings is 5. The second-order valence-corrected chi connectivity index (χ2v) is 16.9. The van der Waals surface area contributed by atoms with Crippen LogP contribution in [-0.2, 0) is 16.3 Å². The predicted molar refractivity (Wildman–Crippen MR) is 240 cm³/mol. The molecule has 7 N–H and O–H groups in total. The van der Waals surface area contributed by atoms with Crippen LogP contribution in [0, 0.1) is 6.92 Å². The summed E-state index contributed by atoms with van der Waals surface area (Å²) >= 11 is 0. The number of carbonyl (C=O) groups is 2. The van der Waals surface area contributed by atoms with E-state index in [1.807, 2.05) is 24.3 Å². The second-order valence-electron chi connectivity index (χ2n) is 14.9. The molecule has 15 nitrogen and oxygen atoms in total. The van der Waals surface area contributed by atoms with Gasteiger partial charge in [0.15, 0.2) is 0 Å². The smallest absolute Gasteiger partial charge is 0.253 e. The average Bonchev–Trinajstić information content (AvgIpc) is 3.28. The number of methoxy groups -OCH3 is 1. The van der Waals surface area contributed by atoms with E-state index in [9.17, 15) is 33.0 Å². The fourth-order valence-electron chi connectivity index (χ4n) is 7.21. The zero-order valence-electron chi connectivity index (χ0n) is 34.7. The molecule has 0 bridgehead atoms. The number of anilines is 2. The fourth-order valence-corrected chi connectivity index (χ4v) is 8.62. The van der Waals surface area contributed by atoms with Crippen molar-refractivity contribution in [2.24, 2.45) is 5.73 Å². The minimum absolute atomic E-state index is 0.0584. The number of pyridine rings is 2. The normalized spacial score (nSPS) is 11.9. The number of amides is 2. The summed E-state index contributed by atoms with van der Waals surface area (Å²) in [5.74, 6) is -0.0361. The van der Waals surface area contributed by atoms with E-state index in [2.05, 4.69) is 20.6 Å². The highest BCUT2D eigenvalue weighted by Gasteiger charge is 2.24. The largest absolute Gasteiger partial charge is 0.506 e. The van der Waals surface area contributed by atoms with E-state index in [1.165, 1.54) is 60.7 Å². The van der Waals surface area contributed by atoms with Crippen molar-refractivity contribution in [3.63, 3.8) is 0 Å². The van der Waals surface area contributed by atoms with Crippen molar-refractivity contribution in [3.05, 3.63) is 154 Å². The van der Waals surface area contributed by atoms with Gasteiger partial charge in [0.1, 0.15) is 23.9 Å². The van der Waals surface area contributed by atoms with Gasteiger partial charge in [-0.25, -0.2) is 8.42 Å². The summed E-state index contributed by atoms with van der Waals surface area (Å²) in [6.07, 6.45) is 1.17. The molecule has 5 aromatic carbocycles. The summed E-state index contributed by atoms with van der Waals surface area (Å²) in [5, 5.41) is 28.3. The number of fused-ring (bicyclic) bond motifs is 2. The van der Waals surface area contributed by atoms with E-state index in [0.717, 1.165) is 5.56 Å². The van der Waals surface area contributed by atoms with Crippen molar-refractivity contribution in [1.82, 2.24) is 20.2 Å². The molecule has 2 heterocycles. The zero-order valence-corrected chi connectivity index (χ0v) is 35.5. The molecule has 2 aromatic heterocycles. The third kappa shape index (κ3) is 9.78. The van der Waals surface area contributed by atoms with Gasteiger partial charge in [-0.1, -0.05) is 30.3 Å². The van der Waals surface area contributed by atoms with Gasteiger partial charge in [0.05, 0.1) is 51.8 Å². The number of nitrogens with two attached hydrogens (primary N) is 1. The molecular weight excluding hydrogens is 825 g/mol. The molecule has 0 unspecified atom stereocenters. The highest BCUT2D eigenvalue weighted by atomic mass is 32.2. The highest BCUT2D eigenvalue weighted by molar-refractivity contribution is 7.91. The molecule has 0 spiro atoms. The number of aromatic amines is 1. The number of aryl methyl sites for hydroxylation is 1. The number of nitrogens with zero attached hydrogens (tertiary/aromatic N) is 2. The first-order valence-corrected chi connectivity index (χ1v) is 21.4. The topological polar surface area (TPSA) is 226 Å². The molecule has 16 heteroatoms. The van der Waals surface area contributed by atoms with Gasteiger partial charge in [0.25, 0.3) is 11.8 Å². The minimum Gasteiger partial charge on any atom is -0.506 e. The number of phenolic OH excluding ortho intramolecular Hbond substituents is 1. The Hall–Kier alpha value is -7.27. The van der Waals surface area contributed by atoms with Crippen LogP contribution in [0.5, 0.6) is 17.2 Å². The Morgan fingerprint density at radius 1 is 0.921 bits per heavy atom. The molecule has 0 aliphatic rings. The number of hydrogen-bond donors (Lipinski definition) is 6. The SMILES string of the molecule is COc1cccc(Nc2c(C(N)=O)cnc3c(C)cc(S(=O)(=O)c4cccc(C(=O)N(C)CCOc5ccc(CCNC[C@H](O)c6ccc(O)c7[nH]c(=O)ccc67)cc5)c4)cc23)c1. The minimum atomic E-state index is -4.18. The van der Waals surface area contributed by atoms with E-state index in [0.29, 0.717) is 57.6 Å². The van der Waals surface area contributed by atoms with Crippen molar-refractivity contribution in [3.8, 4) is 17.2 Å². The molecule has 7 rings (SSSR count). The van der Waals surface area contributed by atoms with Crippen LogP contribution in [0.4, 0.5) is 11.4 Å². The van der Waals surface area contributed by atoms with Crippen LogP contribution in [-0.4, -0.2) is 85.7 Å². The molecule has 0 radical (unpaired) electrons. The Balaban J connectivity index is 0.955. The highest BCUT2D eigenvalue weighted by Crippen LogP contribution is 2.35. The van der Waals surface area contributed by atoms with Crippen LogP contribution in [0.2, 0.25) is 0 Å². The van der Waals surface area contributed by atoms with Gasteiger partial charge in [-0.2, -0.15) is 0 Å². The number of carbonyl (C=O) groups excluding carboxylic acids is 2. The lowest BCUT2D eigenvalue weighted by atomic mass is 10.0. The van der Waals surface area contributed by atoms with Gasteiger partial charge in [-0.3, -0.25) is 19.4 Å². The number of ether oxygens (including phenoxy) is 2. The van der Waals surface area contributed by atoms with Crippen molar-refractivity contribution >= 4 is 54.8 Å². The van der Waals surface area contributed by atoms with Crippen LogP contribution in [0.1, 0.15) is 43.5 Å². The van der Waals surface area contributed by atoms with Crippen LogP contribution < -0.4 is 31.4 Å². The number of primary amides is 1. The van der Waals surface area contributed by atoms with E-state index in [4.69, 9.17) is 15.2 Å². The number of aromatic hydroxyl groups is 1. The maximum Gasteiger partial charge on any atom is 0.253 e. The van der Waals surface area contributed by atoms with Gasteiger partial charge in [-0.05, 0) is 103 Å². The number of aliphatic hydroxyl groups is 1. The Morgan fingerprint density at radius 3 is 2.46 bits per heavy atom. The number of likely N-dealkylation sites (N-methyl/N-ethyl adjacent to an activating group) is 1. The molecule has 0 saturated carbocycles. The molecular formula is C47H46N6O9S. The molecule has 0 fully saturated rings. The first kappa shape index (κ1) is 43.8. The third-order valence-electron chi connectivity index (χ3n) is 10.6. The molecule has 7 aromatic rings. The van der Waals surface area contributed by atoms with Gasteiger partial charge < -0.3 is 45.9 Å². The quantitative estimate of drug-likeness (QED) is 0.0598. The molecule has 63 heavy (non-hydrogen) atoms. The number of phenols is 1. The van der Waals surface area contributed by atoms with Gasteiger partial charge >= 0.3 is 0 Å². The van der Waals surface area contributed by atoms with E-state index < -0.39 is 27.8 Å². The monoisotopic (exact) mass is 870 g/mol. The average molecular weight is 871 g/mol. The Labute approximate surface area is 363 Å². The lowest BCUT2D eigenvalue weighted by molar-refractivity contribution is 0.0773. The predicted octanol–water partition coefficient (Wildman–Crippen LogP) is 5.79. The van der Waals surface area contributed by atoms with Gasteiger partial charge in [0, 0.05) is 53.9 Å². The molecule has 0 aliphatic carbocycles. The number of aliphatic hydroxyl groups excluding tert-OH is 1. The number of rotatable bonds is 17. The van der Waals surface area contributed by atoms with E-state index >= 15 is 0 Å². The maximum atomic E-state index is 14.2. The van der Waals surface area contributed by atoms with Gasteiger partial charge in [-0.15, -0.1) is 0 Å². The lowest BCUT2D eigenvalue weighted by Gasteiger charge is -2.18. The zero-order chi connectivity index (χ0) is 44.8. The number of aromatic nitrogens is 2. The van der Waals surface area contributed by atoms with Crippen molar-refractivity contribution in [1.29, 1.82) is 0 Å². The number of H-pyrrole nitrogens is 1. The second kappa shape index (κ2) is 18.8. The maximum absolute atomic E-state index is 14.2. The number of sulfone groups is 1. The van der Waals surface area contributed by atoms with E-state index in [1.54, 1.807) is 56.4 Å². The third-order valence-corrected chi connectivity index (χ3v) is 12.3. The van der Waals surface area contributed by atoms with E-state index in [-0.39, 0.29) is 63.1 Å². The van der Waals surface area contributed by atoms with Crippen LogP contribution in [0.15, 0.2) is 130 Å². The first-order chi connectivity index (χ1) is 30.2. The molecule has 0 aliphatic heterocycles. The Morgan fingerprint density at radius 2 is 1.70 bits per heavy atom. The van der Waals surface area contributed by atoms with Crippen LogP contribution >= 0.6 is 0 Å². The summed E-state index contributed by atoms with van der Waals surface area (Å²) in [7, 11) is -1.04. The Bertz CT molecular complexity index is 3010. The summed E-state index contributed by atoms with van der Waals surface area (Å²) in [4.78, 5) is 46.1.